The molecule has 15 aliphatic carbocycles. The van der Waals surface area contributed by atoms with Crippen LogP contribution in [0.25, 0.3) is 0 Å². The van der Waals surface area contributed by atoms with Crippen LogP contribution in [0.3, 0.4) is 0 Å². The summed E-state index contributed by atoms with van der Waals surface area (Å²) in [5.74, 6) is 4.64. The third kappa shape index (κ3) is 10.7. The Hall–Kier alpha value is -1.14. The Labute approximate surface area is 616 Å². The largest absolute Gasteiger partial charge is 0.469 e. The van der Waals surface area contributed by atoms with Crippen molar-refractivity contribution in [2.75, 3.05) is 20.3 Å². The van der Waals surface area contributed by atoms with Crippen molar-refractivity contribution >= 4 is 11.8 Å². The van der Waals surface area contributed by atoms with Gasteiger partial charge < -0.3 is 40.5 Å². The van der Waals surface area contributed by atoms with Crippen molar-refractivity contribution in [1.82, 2.24) is 0 Å². The number of ketones is 1. The number of methoxy groups -OCH3 is 1. The van der Waals surface area contributed by atoms with E-state index in [1.54, 1.807) is 0 Å². The Morgan fingerprint density at radius 3 is 1.05 bits per heavy atom. The Morgan fingerprint density at radius 2 is 0.683 bits per heavy atom. The van der Waals surface area contributed by atoms with Crippen LogP contribution < -0.4 is 0 Å². The quantitative estimate of drug-likeness (QED) is 0.134. The molecule has 10 nitrogen and oxygen atoms in total. The monoisotopic (exact) mass is 1410 g/mol. The topological polar surface area (TPSA) is 185 Å². The molecular formula is C91H154O10. The molecule has 578 valence electrons. The minimum Gasteiger partial charge on any atom is -0.469 e. The van der Waals surface area contributed by atoms with Gasteiger partial charge in [-0.15, -0.1) is 0 Å². The molecule has 0 aromatic rings. The zero-order chi connectivity index (χ0) is 74.3. The molecule has 15 fully saturated rings. The fraction of sp³-hybridized carbons (Fsp3) is 0.978. The number of carbonyl (C=O) groups excluding carboxylic acids is 2. The fourth-order valence-electron chi connectivity index (χ4n) is 34.1. The number of ether oxygens (including phenoxy) is 1. The van der Waals surface area contributed by atoms with E-state index >= 15 is 0 Å². The SMILES string of the molecule is CC1(C)CC[C@]2(CO)CC[C@]3(C)[C@H]([C@@H](O)C[C@@H]4[C@@]5(C)CC[C@H](O)C(C)(C)C5CC[C@]43C)[C@@H]2C1.CC1(C)CC[C@]2(CO)CC[C@]3(C)[C@H]([C@H](O)C[C@@H]4[C@@]5(C)CC[C@H](O)C(C)(C)C5CC[C@]43C)[C@@H]2C1.COC(=O)[C@]12CCC(C)(C)C[C@H]1[C@H]1C(=O)C[C@@H]3[C@@]4(C)CC[C@H](O)C(C)(C)C4CC[C@@]3(C)[C@]1(C)CC2. The highest BCUT2D eigenvalue weighted by atomic mass is 16.5. The second kappa shape index (κ2) is 24.4. The van der Waals surface area contributed by atoms with Crippen LogP contribution in [0, 0.1) is 168 Å². The van der Waals surface area contributed by atoms with Crippen molar-refractivity contribution in [3.8, 4) is 0 Å². The third-order valence-corrected chi connectivity index (χ3v) is 41.0. The molecular weight excluding hydrogens is 1250 g/mol. The van der Waals surface area contributed by atoms with Crippen LogP contribution in [0.5, 0.6) is 0 Å². The average Bonchev–Trinajstić information content (AvgIpc) is 0.683. The van der Waals surface area contributed by atoms with Gasteiger partial charge in [-0.25, -0.2) is 0 Å². The standard InChI is InChI=1S/C31H50O4.2C30H52O3/c1-26(2)13-15-31(25(34)35-8)16-14-30(7)24(19(31)18-26)20(32)17-22-28(5)11-10-23(33)27(3,4)21(28)9-12-29(22,30)6;2*1-25(2)12-14-30(18-31)15-13-29(7)24(19(30)17-25)20(32)16-22-27(5)10-9-23(33)26(3,4)21(27)8-11-28(22,29)6/h19,21-24,33H,9-18H2,1-8H3;2*19-24,31-33H,8-18H2,1-7H3/t19-,21?,22+,23-,24-,28-,29+,30+,31-;19-,20+,21?,22+,23-,24-,27-,28+,29+,30+;19-,20-,21?,22+,23-,24-,27-,28+,29+,30+/m000/s1. The maximum atomic E-state index is 14.4. The van der Waals surface area contributed by atoms with E-state index in [0.717, 1.165) is 148 Å². The summed E-state index contributed by atoms with van der Waals surface area (Å²) in [7, 11) is 1.53. The Bertz CT molecular complexity index is 3020. The number of esters is 1. The number of hydrogen-bond acceptors (Lipinski definition) is 10. The van der Waals surface area contributed by atoms with Crippen LogP contribution >= 0.6 is 0 Å². The van der Waals surface area contributed by atoms with E-state index in [9.17, 15) is 45.3 Å². The molecule has 0 aliphatic heterocycles. The Kier molecular flexibility index (Phi) is 18.9. The molecule has 29 atom stereocenters. The van der Waals surface area contributed by atoms with Gasteiger partial charge in [-0.1, -0.05) is 145 Å². The van der Waals surface area contributed by atoms with Gasteiger partial charge in [0.15, 0.2) is 0 Å². The maximum absolute atomic E-state index is 14.4. The van der Waals surface area contributed by atoms with Crippen LogP contribution in [0.4, 0.5) is 0 Å². The predicted molar refractivity (Wildman–Crippen MR) is 405 cm³/mol. The number of Topliss-reactive ketones (excluding diaryl/α,β-unsaturated/α-hetero) is 1. The number of aliphatic hydroxyl groups is 7. The van der Waals surface area contributed by atoms with Gasteiger partial charge in [0.25, 0.3) is 0 Å². The van der Waals surface area contributed by atoms with Crippen molar-refractivity contribution in [2.24, 2.45) is 168 Å². The normalized spacial score (nSPS) is 55.6. The maximum Gasteiger partial charge on any atom is 0.312 e. The van der Waals surface area contributed by atoms with Crippen molar-refractivity contribution in [3.05, 3.63) is 0 Å². The highest BCUT2D eigenvalue weighted by Gasteiger charge is 2.77. The van der Waals surface area contributed by atoms with Crippen LogP contribution in [-0.2, 0) is 14.3 Å². The van der Waals surface area contributed by atoms with E-state index in [0.29, 0.717) is 95.4 Å². The lowest BCUT2D eigenvalue weighted by molar-refractivity contribution is -0.281. The molecule has 0 radical (unpaired) electrons. The molecule has 101 heavy (non-hydrogen) atoms. The summed E-state index contributed by atoms with van der Waals surface area (Å²) in [5.41, 5.74) is 1.11. The van der Waals surface area contributed by atoms with Crippen LogP contribution in [0.2, 0.25) is 0 Å². The minimum atomic E-state index is -0.495. The molecule has 10 heteroatoms. The summed E-state index contributed by atoms with van der Waals surface area (Å²) in [6.45, 7) is 51.3. The van der Waals surface area contributed by atoms with Crippen LogP contribution in [0.1, 0.15) is 338 Å². The van der Waals surface area contributed by atoms with Crippen LogP contribution in [-0.4, -0.2) is 98.3 Å². The minimum absolute atomic E-state index is 0.0158. The van der Waals surface area contributed by atoms with E-state index < -0.39 is 5.41 Å². The van der Waals surface area contributed by atoms with Gasteiger partial charge in [0.1, 0.15) is 5.78 Å². The number of fused-ring (bicyclic) bond motifs is 21. The molecule has 15 aliphatic rings. The predicted octanol–water partition coefficient (Wildman–Crippen LogP) is 19.0. The highest BCUT2D eigenvalue weighted by molar-refractivity contribution is 5.87. The van der Waals surface area contributed by atoms with Crippen molar-refractivity contribution in [2.45, 2.75) is 369 Å². The van der Waals surface area contributed by atoms with Gasteiger partial charge in [-0.3, -0.25) is 9.59 Å². The van der Waals surface area contributed by atoms with Crippen LogP contribution in [0.15, 0.2) is 0 Å². The molecule has 0 aromatic carbocycles. The first-order chi connectivity index (χ1) is 46.4. The van der Waals surface area contributed by atoms with Crippen molar-refractivity contribution < 1.29 is 50.1 Å². The molecule has 15 saturated carbocycles. The summed E-state index contributed by atoms with van der Waals surface area (Å²) in [4.78, 5) is 27.8. The van der Waals surface area contributed by atoms with Gasteiger partial charge in [-0.2, -0.15) is 0 Å². The summed E-state index contributed by atoms with van der Waals surface area (Å²) >= 11 is 0. The lowest BCUT2D eigenvalue weighted by Crippen LogP contribution is -2.70. The molecule has 0 amide bonds. The molecule has 0 spiro atoms. The Morgan fingerprint density at radius 1 is 0.366 bits per heavy atom. The molecule has 0 aromatic heterocycles. The number of rotatable bonds is 3. The number of carbonyl (C=O) groups is 2. The van der Waals surface area contributed by atoms with E-state index in [1.807, 2.05) is 0 Å². The molecule has 0 bridgehead atoms. The van der Waals surface area contributed by atoms with Gasteiger partial charge in [0, 0.05) is 25.6 Å². The fourth-order valence-corrected chi connectivity index (χ4v) is 34.1. The molecule has 15 rings (SSSR count). The van der Waals surface area contributed by atoms with E-state index in [4.69, 9.17) is 4.74 Å². The highest BCUT2D eigenvalue weighted by Crippen LogP contribution is 2.81. The Balaban J connectivity index is 0.000000136. The second-order valence-corrected chi connectivity index (χ2v) is 47.0. The number of aliphatic hydroxyl groups excluding tert-OH is 7. The first kappa shape index (κ1) is 78.0. The van der Waals surface area contributed by atoms with E-state index in [2.05, 4.69) is 145 Å². The van der Waals surface area contributed by atoms with Gasteiger partial charge >= 0.3 is 5.97 Å². The summed E-state index contributed by atoms with van der Waals surface area (Å²) in [6.07, 6.45) is 30.2. The van der Waals surface area contributed by atoms with E-state index in [1.165, 1.54) is 45.6 Å². The smallest absolute Gasteiger partial charge is 0.312 e. The zero-order valence-electron chi connectivity index (χ0n) is 68.8. The lowest BCUT2D eigenvalue weighted by atomic mass is 9.31. The van der Waals surface area contributed by atoms with Gasteiger partial charge in [-0.05, 0) is 343 Å². The number of hydrogen-bond donors (Lipinski definition) is 7. The van der Waals surface area contributed by atoms with Crippen molar-refractivity contribution in [1.29, 1.82) is 0 Å². The van der Waals surface area contributed by atoms with Crippen molar-refractivity contribution in [3.63, 3.8) is 0 Å². The van der Waals surface area contributed by atoms with Gasteiger partial charge in [0.05, 0.1) is 43.0 Å². The summed E-state index contributed by atoms with van der Waals surface area (Å²) < 4.78 is 5.44. The molecule has 7 N–H and O–H groups in total. The summed E-state index contributed by atoms with van der Waals surface area (Å²) in [6, 6.07) is 0. The molecule has 0 heterocycles. The lowest BCUT2D eigenvalue weighted by Gasteiger charge is -2.74. The summed E-state index contributed by atoms with van der Waals surface area (Å²) in [5, 5.41) is 78.1. The average molecular weight is 1410 g/mol. The van der Waals surface area contributed by atoms with E-state index in [-0.39, 0.29) is 130 Å². The second-order valence-electron chi connectivity index (χ2n) is 47.0. The zero-order valence-corrected chi connectivity index (χ0v) is 68.8. The first-order valence-corrected chi connectivity index (χ1v) is 42.7. The molecule has 0 saturated heterocycles. The van der Waals surface area contributed by atoms with Gasteiger partial charge in [0.2, 0.25) is 0 Å². The first-order valence-electron chi connectivity index (χ1n) is 42.7. The molecule has 3 unspecified atom stereocenters. The third-order valence-electron chi connectivity index (χ3n) is 41.0.